The predicted molar refractivity (Wildman–Crippen MR) is 289 cm³/mol. The number of allylic oxidation sites excluding steroid dienone is 8. The van der Waals surface area contributed by atoms with E-state index >= 15 is 0 Å². The third-order valence-electron chi connectivity index (χ3n) is 12.8. The Kier molecular flexibility index (Phi) is 53.8. The van der Waals surface area contributed by atoms with Crippen molar-refractivity contribution in [2.24, 2.45) is 0 Å². The Labute approximate surface area is 416 Å². The third kappa shape index (κ3) is 54.2. The van der Waals surface area contributed by atoms with Crippen molar-refractivity contribution in [3.05, 3.63) is 48.6 Å². The zero-order valence-corrected chi connectivity index (χ0v) is 44.7. The molecule has 0 spiro atoms. The number of hydrogen-bond acceptors (Lipinski definition) is 6. The van der Waals surface area contributed by atoms with Crippen molar-refractivity contribution in [3.8, 4) is 0 Å². The Balaban J connectivity index is 4.38. The van der Waals surface area contributed by atoms with E-state index in [9.17, 15) is 14.4 Å². The van der Waals surface area contributed by atoms with Crippen molar-refractivity contribution in [2.45, 2.75) is 309 Å². The van der Waals surface area contributed by atoms with Crippen LogP contribution in [0.3, 0.4) is 0 Å². The highest BCUT2D eigenvalue weighted by Crippen LogP contribution is 2.17. The van der Waals surface area contributed by atoms with Gasteiger partial charge in [-0.1, -0.05) is 275 Å². The molecule has 0 saturated heterocycles. The number of rotatable bonds is 53. The quantitative estimate of drug-likeness (QED) is 0.0262. The average molecular weight is 940 g/mol. The summed E-state index contributed by atoms with van der Waals surface area (Å²) in [6.45, 7) is 6.55. The Morgan fingerprint density at radius 3 is 0.910 bits per heavy atom. The van der Waals surface area contributed by atoms with Crippen molar-refractivity contribution < 1.29 is 28.6 Å². The maximum Gasteiger partial charge on any atom is 0.306 e. The van der Waals surface area contributed by atoms with Gasteiger partial charge in [-0.25, -0.2) is 0 Å². The van der Waals surface area contributed by atoms with E-state index in [2.05, 4.69) is 69.4 Å². The van der Waals surface area contributed by atoms with E-state index in [4.69, 9.17) is 14.2 Å². The maximum absolute atomic E-state index is 12.9. The fraction of sp³-hybridized carbons (Fsp3) is 0.820. The third-order valence-corrected chi connectivity index (χ3v) is 12.8. The van der Waals surface area contributed by atoms with E-state index in [-0.39, 0.29) is 31.1 Å². The van der Waals surface area contributed by atoms with Gasteiger partial charge in [-0.05, 0) is 57.8 Å². The molecule has 0 fully saturated rings. The summed E-state index contributed by atoms with van der Waals surface area (Å²) in [4.78, 5) is 38.2. The zero-order chi connectivity index (χ0) is 48.6. The lowest BCUT2D eigenvalue weighted by atomic mass is 10.0. The van der Waals surface area contributed by atoms with E-state index in [1.807, 2.05) is 0 Å². The fourth-order valence-corrected chi connectivity index (χ4v) is 8.49. The van der Waals surface area contributed by atoms with Crippen LogP contribution in [-0.4, -0.2) is 37.2 Å². The van der Waals surface area contributed by atoms with Crippen LogP contribution in [0, 0.1) is 0 Å². The van der Waals surface area contributed by atoms with Crippen LogP contribution >= 0.6 is 0 Å². The lowest BCUT2D eigenvalue weighted by molar-refractivity contribution is -0.167. The molecule has 0 radical (unpaired) electrons. The van der Waals surface area contributed by atoms with Crippen molar-refractivity contribution in [1.29, 1.82) is 0 Å². The van der Waals surface area contributed by atoms with Gasteiger partial charge in [-0.3, -0.25) is 14.4 Å². The van der Waals surface area contributed by atoms with Crippen LogP contribution in [-0.2, 0) is 28.6 Å². The molecule has 1 unspecified atom stereocenters. The van der Waals surface area contributed by atoms with E-state index in [1.54, 1.807) is 0 Å². The molecule has 6 heteroatoms. The van der Waals surface area contributed by atoms with Crippen molar-refractivity contribution >= 4 is 17.9 Å². The van der Waals surface area contributed by atoms with Crippen LogP contribution in [0.2, 0.25) is 0 Å². The van der Waals surface area contributed by atoms with E-state index < -0.39 is 6.10 Å². The number of hydrogen-bond donors (Lipinski definition) is 0. The van der Waals surface area contributed by atoms with Crippen molar-refractivity contribution in [1.82, 2.24) is 0 Å². The number of carbonyl (C=O) groups excluding carboxylic acids is 3. The highest BCUT2D eigenvalue weighted by atomic mass is 16.6. The summed E-state index contributed by atoms with van der Waals surface area (Å²) in [5.41, 5.74) is 0. The monoisotopic (exact) mass is 939 g/mol. The van der Waals surface area contributed by atoms with Gasteiger partial charge in [0.05, 0.1) is 0 Å². The summed E-state index contributed by atoms with van der Waals surface area (Å²) in [7, 11) is 0. The molecule has 67 heavy (non-hydrogen) atoms. The van der Waals surface area contributed by atoms with Crippen LogP contribution in [0.25, 0.3) is 0 Å². The second-order valence-corrected chi connectivity index (χ2v) is 19.5. The summed E-state index contributed by atoms with van der Waals surface area (Å²) in [6.07, 6.45) is 68.1. The van der Waals surface area contributed by atoms with Gasteiger partial charge in [0.2, 0.25) is 0 Å². The van der Waals surface area contributed by atoms with Gasteiger partial charge in [0.15, 0.2) is 6.10 Å². The molecule has 0 heterocycles. The average Bonchev–Trinajstić information content (AvgIpc) is 3.33. The Hall–Kier alpha value is -2.63. The van der Waals surface area contributed by atoms with Gasteiger partial charge in [0.1, 0.15) is 13.2 Å². The molecular formula is C61H110O6. The Morgan fingerprint density at radius 1 is 0.313 bits per heavy atom. The lowest BCUT2D eigenvalue weighted by Gasteiger charge is -2.18. The van der Waals surface area contributed by atoms with Crippen LogP contribution in [0.15, 0.2) is 48.6 Å². The largest absolute Gasteiger partial charge is 0.462 e. The van der Waals surface area contributed by atoms with Crippen molar-refractivity contribution in [2.75, 3.05) is 13.2 Å². The first-order valence-corrected chi connectivity index (χ1v) is 29.1. The Morgan fingerprint density at radius 2 is 0.582 bits per heavy atom. The fourth-order valence-electron chi connectivity index (χ4n) is 8.49. The predicted octanol–water partition coefficient (Wildman–Crippen LogP) is 19.4. The molecule has 1 atom stereocenters. The van der Waals surface area contributed by atoms with Gasteiger partial charge in [0, 0.05) is 19.3 Å². The normalized spacial score (nSPS) is 12.3. The van der Waals surface area contributed by atoms with Crippen LogP contribution in [0.5, 0.6) is 0 Å². The molecule has 0 N–H and O–H groups in total. The molecule has 0 aliphatic rings. The molecule has 0 bridgehead atoms. The number of carbonyl (C=O) groups is 3. The molecule has 0 aromatic rings. The first-order valence-electron chi connectivity index (χ1n) is 29.1. The molecule has 390 valence electrons. The summed E-state index contributed by atoms with van der Waals surface area (Å²) in [6, 6.07) is 0. The van der Waals surface area contributed by atoms with Gasteiger partial charge in [-0.15, -0.1) is 0 Å². The summed E-state index contributed by atoms with van der Waals surface area (Å²) >= 11 is 0. The van der Waals surface area contributed by atoms with E-state index in [0.29, 0.717) is 19.3 Å². The molecule has 0 rings (SSSR count). The lowest BCUT2D eigenvalue weighted by Crippen LogP contribution is -2.30. The maximum atomic E-state index is 12.9. The highest BCUT2D eigenvalue weighted by molar-refractivity contribution is 5.71. The van der Waals surface area contributed by atoms with Crippen LogP contribution in [0.1, 0.15) is 303 Å². The van der Waals surface area contributed by atoms with Gasteiger partial charge < -0.3 is 14.2 Å². The van der Waals surface area contributed by atoms with Crippen LogP contribution < -0.4 is 0 Å². The minimum atomic E-state index is -0.779. The Bertz CT molecular complexity index is 1170. The van der Waals surface area contributed by atoms with Crippen molar-refractivity contribution in [3.63, 3.8) is 0 Å². The highest BCUT2D eigenvalue weighted by Gasteiger charge is 2.19. The first-order chi connectivity index (χ1) is 33.0. The molecule has 0 aromatic heterocycles. The first kappa shape index (κ1) is 64.4. The van der Waals surface area contributed by atoms with E-state index in [0.717, 1.165) is 96.3 Å². The van der Waals surface area contributed by atoms with Gasteiger partial charge in [0.25, 0.3) is 0 Å². The summed E-state index contributed by atoms with van der Waals surface area (Å²) in [5, 5.41) is 0. The second kappa shape index (κ2) is 56.0. The number of unbranched alkanes of at least 4 members (excludes halogenated alkanes) is 34. The topological polar surface area (TPSA) is 78.9 Å². The molecule has 0 saturated carbocycles. The van der Waals surface area contributed by atoms with Gasteiger partial charge in [-0.2, -0.15) is 0 Å². The molecule has 0 aromatic carbocycles. The molecule has 0 amide bonds. The molecule has 0 aliphatic heterocycles. The van der Waals surface area contributed by atoms with Crippen LogP contribution in [0.4, 0.5) is 0 Å². The molecule has 6 nitrogen and oxygen atoms in total. The molecule has 0 aliphatic carbocycles. The van der Waals surface area contributed by atoms with Gasteiger partial charge >= 0.3 is 17.9 Å². The minimum absolute atomic E-state index is 0.0764. The zero-order valence-electron chi connectivity index (χ0n) is 44.7. The minimum Gasteiger partial charge on any atom is -0.462 e. The number of esters is 3. The SMILES string of the molecule is CC/C=C\C/C=C\C/C=C\C/C=C\CCCCCCC(=O)OCC(COC(=O)CCCCCCCCCCCCCCCCC)OC(=O)CCCCCCCCCCCCCCCCCCC. The summed E-state index contributed by atoms with van der Waals surface area (Å²) < 4.78 is 16.9. The standard InChI is InChI=1S/C61H110O6/c1-4-7-10-13-16-19-22-25-28-30-33-36-39-42-45-48-51-54-60(63)66-57-58(56-65-59(62)53-50-47-44-41-38-35-32-27-24-21-18-15-12-9-6-3)67-61(64)55-52-49-46-43-40-37-34-31-29-26-23-20-17-14-11-8-5-2/h7,10,16,19,25,28,33,36,58H,4-6,8-9,11-15,17-18,20-24,26-27,29-32,34-35,37-57H2,1-3H3/b10-7-,19-16-,28-25-,36-33-. The molecular weight excluding hydrogens is 829 g/mol. The smallest absolute Gasteiger partial charge is 0.306 e. The number of ether oxygens (including phenoxy) is 3. The van der Waals surface area contributed by atoms with E-state index in [1.165, 1.54) is 167 Å². The summed E-state index contributed by atoms with van der Waals surface area (Å²) in [5.74, 6) is -0.883. The second-order valence-electron chi connectivity index (χ2n) is 19.5.